The van der Waals surface area contributed by atoms with E-state index in [-0.39, 0.29) is 5.91 Å². The van der Waals surface area contributed by atoms with Crippen LogP contribution in [-0.4, -0.2) is 68.6 Å². The van der Waals surface area contributed by atoms with E-state index in [1.807, 2.05) is 29.2 Å². The van der Waals surface area contributed by atoms with E-state index < -0.39 is 0 Å². The first-order chi connectivity index (χ1) is 14.2. The molecule has 1 aliphatic rings. The number of nitrogens with zero attached hydrogens (tertiary/aromatic N) is 6. The molecule has 0 unspecified atom stereocenters. The fourth-order valence-corrected chi connectivity index (χ4v) is 3.86. The van der Waals surface area contributed by atoms with Crippen molar-refractivity contribution in [1.29, 1.82) is 0 Å². The van der Waals surface area contributed by atoms with Gasteiger partial charge in [0.25, 0.3) is 5.91 Å². The van der Waals surface area contributed by atoms with Crippen LogP contribution in [0.1, 0.15) is 28.8 Å². The van der Waals surface area contributed by atoms with Gasteiger partial charge in [-0.3, -0.25) is 4.79 Å². The molecule has 0 N–H and O–H groups in total. The Morgan fingerprint density at radius 3 is 2.45 bits per heavy atom. The van der Waals surface area contributed by atoms with Crippen molar-refractivity contribution in [2.75, 3.05) is 26.7 Å². The average Bonchev–Trinajstić information content (AvgIpc) is 3.33. The minimum atomic E-state index is 0.0960. The molecule has 7 nitrogen and oxygen atoms in total. The molecule has 1 amide bonds. The molecule has 1 aliphatic heterocycles. The molecule has 150 valence electrons. The molecule has 2 aromatic carbocycles. The third-order valence-corrected chi connectivity index (χ3v) is 5.70. The van der Waals surface area contributed by atoms with Crippen molar-refractivity contribution in [2.24, 2.45) is 0 Å². The van der Waals surface area contributed by atoms with Gasteiger partial charge in [0.1, 0.15) is 6.33 Å². The van der Waals surface area contributed by atoms with E-state index in [4.69, 9.17) is 0 Å². The van der Waals surface area contributed by atoms with E-state index in [1.165, 1.54) is 11.9 Å². The van der Waals surface area contributed by atoms with Gasteiger partial charge in [0.15, 0.2) is 0 Å². The van der Waals surface area contributed by atoms with Gasteiger partial charge in [0, 0.05) is 31.2 Å². The Labute approximate surface area is 170 Å². The van der Waals surface area contributed by atoms with Gasteiger partial charge in [0.05, 0.1) is 5.69 Å². The summed E-state index contributed by atoms with van der Waals surface area (Å²) >= 11 is 0. The molecular weight excluding hydrogens is 364 g/mol. The van der Waals surface area contributed by atoms with E-state index >= 15 is 0 Å². The van der Waals surface area contributed by atoms with Crippen LogP contribution >= 0.6 is 0 Å². The standard InChI is InChI=1S/C22H26N6O/c1-26(14-11-18-5-3-2-4-6-18)20-12-15-27(16-13-20)22(29)19-7-9-21(10-8-19)28-17-23-24-25-28/h2-10,17,20H,11-16H2,1H3. The maximum Gasteiger partial charge on any atom is 0.253 e. The second-order valence-electron chi connectivity index (χ2n) is 7.54. The Hall–Kier alpha value is -3.06. The molecule has 0 radical (unpaired) electrons. The Morgan fingerprint density at radius 1 is 1.07 bits per heavy atom. The second-order valence-corrected chi connectivity index (χ2v) is 7.54. The number of likely N-dealkylation sites (tertiary alicyclic amines) is 1. The van der Waals surface area contributed by atoms with Crippen molar-refractivity contribution in [1.82, 2.24) is 30.0 Å². The minimum absolute atomic E-state index is 0.0960. The van der Waals surface area contributed by atoms with Crippen LogP contribution in [0.25, 0.3) is 5.69 Å². The summed E-state index contributed by atoms with van der Waals surface area (Å²) < 4.78 is 1.57. The number of aromatic nitrogens is 4. The van der Waals surface area contributed by atoms with Crippen LogP contribution in [0.4, 0.5) is 0 Å². The molecule has 4 rings (SSSR count). The molecule has 0 aliphatic carbocycles. The summed E-state index contributed by atoms with van der Waals surface area (Å²) in [6, 6.07) is 18.6. The third-order valence-electron chi connectivity index (χ3n) is 5.70. The van der Waals surface area contributed by atoms with Crippen molar-refractivity contribution in [3.8, 4) is 5.69 Å². The molecule has 1 fully saturated rings. The number of amides is 1. The van der Waals surface area contributed by atoms with Gasteiger partial charge in [-0.25, -0.2) is 4.68 Å². The highest BCUT2D eigenvalue weighted by atomic mass is 16.2. The Balaban J connectivity index is 1.28. The van der Waals surface area contributed by atoms with Crippen molar-refractivity contribution < 1.29 is 4.79 Å². The van der Waals surface area contributed by atoms with Gasteiger partial charge in [-0.05, 0) is 66.6 Å². The lowest BCUT2D eigenvalue weighted by Crippen LogP contribution is -2.46. The molecule has 1 aromatic heterocycles. The van der Waals surface area contributed by atoms with Gasteiger partial charge in [-0.1, -0.05) is 30.3 Å². The smallest absolute Gasteiger partial charge is 0.253 e. The zero-order chi connectivity index (χ0) is 20.1. The van der Waals surface area contributed by atoms with Crippen LogP contribution in [0.5, 0.6) is 0 Å². The Bertz CT molecular complexity index is 902. The second kappa shape index (κ2) is 8.96. The van der Waals surface area contributed by atoms with Gasteiger partial charge in [-0.15, -0.1) is 5.10 Å². The maximum atomic E-state index is 12.8. The SMILES string of the molecule is CN(CCc1ccccc1)C1CCN(C(=O)c2ccc(-n3cnnn3)cc2)CC1. The number of hydrogen-bond acceptors (Lipinski definition) is 5. The monoisotopic (exact) mass is 390 g/mol. The molecule has 0 atom stereocenters. The van der Waals surface area contributed by atoms with Crippen LogP contribution in [0.2, 0.25) is 0 Å². The van der Waals surface area contributed by atoms with Crippen LogP contribution in [0, 0.1) is 0 Å². The molecule has 0 saturated carbocycles. The summed E-state index contributed by atoms with van der Waals surface area (Å²) in [4.78, 5) is 17.3. The first-order valence-corrected chi connectivity index (χ1v) is 10.1. The van der Waals surface area contributed by atoms with E-state index in [9.17, 15) is 4.79 Å². The molecule has 3 aromatic rings. The number of carbonyl (C=O) groups is 1. The fourth-order valence-electron chi connectivity index (χ4n) is 3.86. The predicted molar refractivity (Wildman–Crippen MR) is 111 cm³/mol. The van der Waals surface area contributed by atoms with Crippen molar-refractivity contribution in [3.63, 3.8) is 0 Å². The zero-order valence-electron chi connectivity index (χ0n) is 16.7. The lowest BCUT2D eigenvalue weighted by atomic mass is 10.0. The molecule has 29 heavy (non-hydrogen) atoms. The molecule has 7 heteroatoms. The Kier molecular flexibility index (Phi) is 5.95. The van der Waals surface area contributed by atoms with Gasteiger partial charge < -0.3 is 9.80 Å². The Morgan fingerprint density at radius 2 is 1.79 bits per heavy atom. The number of benzene rings is 2. The van der Waals surface area contributed by atoms with Gasteiger partial charge in [0.2, 0.25) is 0 Å². The zero-order valence-corrected chi connectivity index (χ0v) is 16.7. The van der Waals surface area contributed by atoms with Crippen molar-refractivity contribution in [3.05, 3.63) is 72.1 Å². The summed E-state index contributed by atoms with van der Waals surface area (Å²) in [5.74, 6) is 0.0960. The summed E-state index contributed by atoms with van der Waals surface area (Å²) in [6.45, 7) is 2.64. The molecule has 2 heterocycles. The minimum Gasteiger partial charge on any atom is -0.339 e. The molecule has 0 bridgehead atoms. The van der Waals surface area contributed by atoms with Crippen LogP contribution in [0.3, 0.4) is 0 Å². The van der Waals surface area contributed by atoms with Crippen LogP contribution < -0.4 is 0 Å². The maximum absolute atomic E-state index is 12.8. The van der Waals surface area contributed by atoms with Gasteiger partial charge in [-0.2, -0.15) is 0 Å². The summed E-state index contributed by atoms with van der Waals surface area (Å²) in [5.41, 5.74) is 2.92. The van der Waals surface area contributed by atoms with Crippen molar-refractivity contribution in [2.45, 2.75) is 25.3 Å². The first kappa shape index (κ1) is 19.3. The molecular formula is C22H26N6O. The quantitative estimate of drug-likeness (QED) is 0.647. The third kappa shape index (κ3) is 4.68. The number of carbonyl (C=O) groups excluding carboxylic acids is 1. The molecule has 1 saturated heterocycles. The average molecular weight is 390 g/mol. The van der Waals surface area contributed by atoms with Crippen LogP contribution in [-0.2, 0) is 6.42 Å². The van der Waals surface area contributed by atoms with E-state index in [2.05, 4.69) is 57.8 Å². The lowest BCUT2D eigenvalue weighted by Gasteiger charge is -2.37. The topological polar surface area (TPSA) is 67.2 Å². The highest BCUT2D eigenvalue weighted by Gasteiger charge is 2.25. The first-order valence-electron chi connectivity index (χ1n) is 10.1. The fraction of sp³-hybridized carbons (Fsp3) is 0.364. The number of hydrogen-bond donors (Lipinski definition) is 0. The lowest BCUT2D eigenvalue weighted by molar-refractivity contribution is 0.0647. The number of rotatable bonds is 6. The number of piperidine rings is 1. The van der Waals surface area contributed by atoms with E-state index in [0.717, 1.165) is 44.6 Å². The summed E-state index contributed by atoms with van der Waals surface area (Å²) in [7, 11) is 2.20. The highest BCUT2D eigenvalue weighted by molar-refractivity contribution is 5.94. The van der Waals surface area contributed by atoms with E-state index in [1.54, 1.807) is 4.68 Å². The van der Waals surface area contributed by atoms with Crippen LogP contribution in [0.15, 0.2) is 60.9 Å². The summed E-state index contributed by atoms with van der Waals surface area (Å²) in [6.07, 6.45) is 4.62. The predicted octanol–water partition coefficient (Wildman–Crippen LogP) is 2.44. The number of likely N-dealkylation sites (N-methyl/N-ethyl adjacent to an activating group) is 1. The van der Waals surface area contributed by atoms with E-state index in [0.29, 0.717) is 11.6 Å². The largest absolute Gasteiger partial charge is 0.339 e. The highest BCUT2D eigenvalue weighted by Crippen LogP contribution is 2.19. The van der Waals surface area contributed by atoms with Gasteiger partial charge >= 0.3 is 0 Å². The normalized spacial score (nSPS) is 15.0. The molecule has 0 spiro atoms. The number of tetrazole rings is 1. The van der Waals surface area contributed by atoms with Crippen molar-refractivity contribution >= 4 is 5.91 Å². The summed E-state index contributed by atoms with van der Waals surface area (Å²) in [5, 5.41) is 11.1.